The van der Waals surface area contributed by atoms with Gasteiger partial charge >= 0.3 is 6.09 Å². The van der Waals surface area contributed by atoms with Crippen LogP contribution in [0.5, 0.6) is 0 Å². The molecule has 180 valence electrons. The Labute approximate surface area is 195 Å². The molecule has 0 radical (unpaired) electrons. The Morgan fingerprint density at radius 1 is 1.03 bits per heavy atom. The summed E-state index contributed by atoms with van der Waals surface area (Å²) in [6.07, 6.45) is 11.3. The number of allylic oxidation sites excluding steroid dienone is 1. The molecule has 3 fully saturated rings. The van der Waals surface area contributed by atoms with Crippen molar-refractivity contribution in [3.63, 3.8) is 0 Å². The number of halogens is 1. The Morgan fingerprint density at radius 2 is 1.84 bits per heavy atom. The first kappa shape index (κ1) is 23.8. The van der Waals surface area contributed by atoms with E-state index < -0.39 is 0 Å². The van der Waals surface area contributed by atoms with Crippen LogP contribution < -0.4 is 10.6 Å². The zero-order valence-electron chi connectivity index (χ0n) is 19.1. The van der Waals surface area contributed by atoms with Gasteiger partial charge in [0.05, 0.1) is 23.7 Å². The van der Waals surface area contributed by atoms with Crippen molar-refractivity contribution in [2.45, 2.75) is 107 Å². The normalized spacial score (nSPS) is 44.4. The molecule has 4 bridgehead atoms. The summed E-state index contributed by atoms with van der Waals surface area (Å²) in [4.78, 5) is 24.6. The summed E-state index contributed by atoms with van der Waals surface area (Å²) >= 11 is 6.68. The second-order valence-electron chi connectivity index (χ2n) is 10.1. The quantitative estimate of drug-likeness (QED) is 0.348. The number of carbonyl (C=O) groups is 2. The molecule has 4 aliphatic rings. The molecule has 2 saturated heterocycles. The lowest BCUT2D eigenvalue weighted by molar-refractivity contribution is -0.122. The average Bonchev–Trinajstić information content (AvgIpc) is 3.48. The molecule has 1 aliphatic carbocycles. The van der Waals surface area contributed by atoms with Gasteiger partial charge in [-0.25, -0.2) is 4.79 Å². The zero-order valence-corrected chi connectivity index (χ0v) is 19.9. The largest absolute Gasteiger partial charge is 0.446 e. The SMILES string of the molecule is COC1CC2CC(C)C/C=C/CC3C[C@@H](C[C@@H]4O[C@H]4CCC(=O)NC(C2)C1Cl)OC(=O)N3. The number of rotatable bonds is 1. The molecule has 3 heterocycles. The predicted molar refractivity (Wildman–Crippen MR) is 122 cm³/mol. The molecule has 32 heavy (non-hydrogen) atoms. The smallest absolute Gasteiger partial charge is 0.407 e. The average molecular weight is 469 g/mol. The maximum Gasteiger partial charge on any atom is 0.407 e. The van der Waals surface area contributed by atoms with E-state index in [1.165, 1.54) is 0 Å². The minimum Gasteiger partial charge on any atom is -0.446 e. The van der Waals surface area contributed by atoms with Gasteiger partial charge in [0.1, 0.15) is 6.10 Å². The van der Waals surface area contributed by atoms with Crippen molar-refractivity contribution in [3.05, 3.63) is 12.2 Å². The molecule has 8 heteroatoms. The first-order valence-electron chi connectivity index (χ1n) is 12.1. The van der Waals surface area contributed by atoms with Gasteiger partial charge in [-0.2, -0.15) is 0 Å². The maximum absolute atomic E-state index is 12.7. The summed E-state index contributed by atoms with van der Waals surface area (Å²) in [5, 5.41) is 5.89. The summed E-state index contributed by atoms with van der Waals surface area (Å²) in [6, 6.07) is 0.0263. The number of alkyl carbamates (subject to hydrolysis) is 1. The lowest BCUT2D eigenvalue weighted by Gasteiger charge is -2.39. The van der Waals surface area contributed by atoms with Crippen LogP contribution in [0.25, 0.3) is 0 Å². The molecular formula is C24H37ClN2O5. The van der Waals surface area contributed by atoms with Crippen LogP contribution in [0, 0.1) is 11.8 Å². The third-order valence-electron chi connectivity index (χ3n) is 7.38. The van der Waals surface area contributed by atoms with Gasteiger partial charge < -0.3 is 24.8 Å². The highest BCUT2D eigenvalue weighted by Crippen LogP contribution is 2.36. The van der Waals surface area contributed by atoms with Gasteiger partial charge in [-0.3, -0.25) is 4.79 Å². The second-order valence-corrected chi connectivity index (χ2v) is 10.6. The van der Waals surface area contributed by atoms with Crippen molar-refractivity contribution in [3.8, 4) is 0 Å². The zero-order chi connectivity index (χ0) is 22.7. The van der Waals surface area contributed by atoms with Gasteiger partial charge in [-0.05, 0) is 50.4 Å². The molecule has 6 unspecified atom stereocenters. The number of nitrogens with one attached hydrogen (secondary N) is 2. The molecule has 2 amide bonds. The Balaban J connectivity index is 1.42. The van der Waals surface area contributed by atoms with Crippen molar-refractivity contribution in [1.82, 2.24) is 10.6 Å². The van der Waals surface area contributed by atoms with Crippen LogP contribution in [-0.2, 0) is 19.0 Å². The molecule has 0 aromatic carbocycles. The van der Waals surface area contributed by atoms with Crippen LogP contribution >= 0.6 is 11.6 Å². The topological polar surface area (TPSA) is 89.2 Å². The van der Waals surface area contributed by atoms with Gasteiger partial charge in [0.2, 0.25) is 5.91 Å². The van der Waals surface area contributed by atoms with E-state index >= 15 is 0 Å². The highest BCUT2D eigenvalue weighted by molar-refractivity contribution is 6.21. The molecule has 0 aromatic heterocycles. The first-order valence-corrected chi connectivity index (χ1v) is 12.6. The van der Waals surface area contributed by atoms with Crippen molar-refractivity contribution in [1.29, 1.82) is 0 Å². The summed E-state index contributed by atoms with van der Waals surface area (Å²) in [5.41, 5.74) is 0. The molecule has 9 atom stereocenters. The van der Waals surface area contributed by atoms with Gasteiger partial charge in [0, 0.05) is 38.5 Å². The van der Waals surface area contributed by atoms with E-state index in [1.54, 1.807) is 7.11 Å². The molecule has 7 nitrogen and oxygen atoms in total. The van der Waals surface area contributed by atoms with E-state index in [9.17, 15) is 9.59 Å². The van der Waals surface area contributed by atoms with Gasteiger partial charge in [0.15, 0.2) is 0 Å². The Morgan fingerprint density at radius 3 is 2.66 bits per heavy atom. The molecule has 1 saturated carbocycles. The van der Waals surface area contributed by atoms with Crippen LogP contribution in [-0.4, -0.2) is 61.0 Å². The van der Waals surface area contributed by atoms with Gasteiger partial charge in [-0.15, -0.1) is 11.6 Å². The number of alkyl halides is 1. The number of methoxy groups -OCH3 is 1. The molecule has 0 aromatic rings. The number of fused-ring (bicyclic) bond motifs is 5. The summed E-state index contributed by atoms with van der Waals surface area (Å²) in [6.45, 7) is 2.27. The standard InChI is InChI=1S/C24H37ClN2O5/c1-14-5-3-4-6-16-12-17(31-24(29)26-16)13-20-19(32-20)7-8-22(28)27-18-10-15(9-14)11-21(30-2)23(18)25/h3-4,14-21,23H,5-13H2,1-2H3,(H,26,29)(H,27,28)/b4-3+/t14?,15?,16?,17-,18?,19-,20-,21?,23?/m0/s1. The Hall–Kier alpha value is -1.31. The summed E-state index contributed by atoms with van der Waals surface area (Å²) in [5.74, 6) is 1.02. The van der Waals surface area contributed by atoms with E-state index in [1.807, 2.05) is 0 Å². The summed E-state index contributed by atoms with van der Waals surface area (Å²) < 4.78 is 16.9. The number of carbonyl (C=O) groups excluding carboxylic acids is 2. The van der Waals surface area contributed by atoms with E-state index in [-0.39, 0.29) is 53.9 Å². The Kier molecular flexibility index (Phi) is 8.00. The fraction of sp³-hybridized carbons (Fsp3) is 0.833. The summed E-state index contributed by atoms with van der Waals surface area (Å²) in [7, 11) is 1.71. The lowest BCUT2D eigenvalue weighted by Crippen LogP contribution is -2.51. The minimum atomic E-state index is -0.342. The van der Waals surface area contributed by atoms with E-state index in [0.29, 0.717) is 31.1 Å². The van der Waals surface area contributed by atoms with Gasteiger partial charge in [-0.1, -0.05) is 19.1 Å². The minimum absolute atomic E-state index is 0.0210. The third-order valence-corrected chi connectivity index (χ3v) is 7.97. The van der Waals surface area contributed by atoms with Crippen LogP contribution in [0.2, 0.25) is 0 Å². The van der Waals surface area contributed by atoms with Crippen LogP contribution in [0.4, 0.5) is 4.79 Å². The van der Waals surface area contributed by atoms with E-state index in [4.69, 9.17) is 25.8 Å². The number of ether oxygens (including phenoxy) is 3. The number of hydrogen-bond donors (Lipinski definition) is 2. The molecule has 0 spiro atoms. The third kappa shape index (κ3) is 6.39. The van der Waals surface area contributed by atoms with Crippen LogP contribution in [0.15, 0.2) is 12.2 Å². The number of hydrogen-bond acceptors (Lipinski definition) is 5. The van der Waals surface area contributed by atoms with Crippen LogP contribution in [0.1, 0.15) is 64.7 Å². The molecule has 4 rings (SSSR count). The van der Waals surface area contributed by atoms with Crippen LogP contribution in [0.3, 0.4) is 0 Å². The maximum atomic E-state index is 12.7. The van der Waals surface area contributed by atoms with Crippen molar-refractivity contribution < 1.29 is 23.8 Å². The fourth-order valence-corrected chi connectivity index (χ4v) is 6.01. The van der Waals surface area contributed by atoms with Gasteiger partial charge in [0.25, 0.3) is 0 Å². The fourth-order valence-electron chi connectivity index (χ4n) is 5.64. The predicted octanol–water partition coefficient (Wildman–Crippen LogP) is 3.68. The van der Waals surface area contributed by atoms with E-state index in [0.717, 1.165) is 38.5 Å². The second kappa shape index (κ2) is 10.7. The lowest BCUT2D eigenvalue weighted by atomic mass is 9.78. The number of amides is 2. The highest BCUT2D eigenvalue weighted by Gasteiger charge is 2.43. The monoisotopic (exact) mass is 468 g/mol. The molecule has 2 N–H and O–H groups in total. The van der Waals surface area contributed by atoms with Crippen molar-refractivity contribution >= 4 is 23.6 Å². The molecular weight excluding hydrogens is 432 g/mol. The first-order chi connectivity index (χ1) is 15.4. The van der Waals surface area contributed by atoms with Crippen molar-refractivity contribution in [2.75, 3.05) is 7.11 Å². The highest BCUT2D eigenvalue weighted by atomic mass is 35.5. The number of epoxide rings is 1. The Bertz CT molecular complexity index is 704. The molecule has 3 aliphatic heterocycles. The van der Waals surface area contributed by atoms with E-state index in [2.05, 4.69) is 29.7 Å². The van der Waals surface area contributed by atoms with Crippen molar-refractivity contribution in [2.24, 2.45) is 11.8 Å².